The molecule has 1 aromatic heterocycles. The largest absolute Gasteiger partial charge is 2.00 e. The fourth-order valence-corrected chi connectivity index (χ4v) is 1.92. The second-order valence-corrected chi connectivity index (χ2v) is 4.70. The minimum atomic E-state index is 0. The fourth-order valence-electron chi connectivity index (χ4n) is 1.69. The zero-order valence-corrected chi connectivity index (χ0v) is 13.9. The minimum absolute atomic E-state index is 0. The van der Waals surface area contributed by atoms with Crippen LogP contribution in [0.25, 0.3) is 0 Å². The van der Waals surface area contributed by atoms with Gasteiger partial charge in [-0.2, -0.15) is 5.10 Å². The van der Waals surface area contributed by atoms with E-state index >= 15 is 0 Å². The minimum Gasteiger partial charge on any atom is -0.348 e. The summed E-state index contributed by atoms with van der Waals surface area (Å²) in [6.07, 6.45) is 3.91. The smallest absolute Gasteiger partial charge is 0.348 e. The number of aromatic nitrogens is 1. The molecule has 0 unspecified atom stereocenters. The summed E-state index contributed by atoms with van der Waals surface area (Å²) in [4.78, 5) is 6.39. The van der Waals surface area contributed by atoms with Crippen LogP contribution in [0.4, 0.5) is 0 Å². The van der Waals surface area contributed by atoms with Gasteiger partial charge in [0.05, 0.1) is 11.4 Å². The Morgan fingerprint density at radius 1 is 1.30 bits per heavy atom. The van der Waals surface area contributed by atoms with Crippen molar-refractivity contribution in [2.75, 3.05) is 13.1 Å². The summed E-state index contributed by atoms with van der Waals surface area (Å²) in [5.74, 6) is 0. The molecule has 20 heavy (non-hydrogen) atoms. The zero-order valence-electron chi connectivity index (χ0n) is 12.2. The summed E-state index contributed by atoms with van der Waals surface area (Å²) < 4.78 is 0. The molecule has 0 aliphatic heterocycles. The Bertz CT molecular complexity index is 416. The Hall–Kier alpha value is -0.971. The molecule has 0 saturated carbocycles. The molecule has 0 aromatic carbocycles. The van der Waals surface area contributed by atoms with E-state index in [1.165, 1.54) is 0 Å². The molecule has 1 aromatic rings. The number of hydrazone groups is 1. The van der Waals surface area contributed by atoms with E-state index in [2.05, 4.69) is 34.3 Å². The molecule has 4 nitrogen and oxygen atoms in total. The average Bonchev–Trinajstić information content (AvgIpc) is 2.45. The first-order valence-corrected chi connectivity index (χ1v) is 7.10. The molecule has 1 radical (unpaired) electrons. The van der Waals surface area contributed by atoms with Crippen LogP contribution in [0.2, 0.25) is 0 Å². The Labute approximate surface area is 137 Å². The van der Waals surface area contributed by atoms with E-state index < -0.39 is 0 Å². The van der Waals surface area contributed by atoms with Crippen LogP contribution >= 0.6 is 12.2 Å². The van der Waals surface area contributed by atoms with Crippen molar-refractivity contribution in [1.29, 1.82) is 0 Å². The van der Waals surface area contributed by atoms with Gasteiger partial charge in [-0.1, -0.05) is 19.9 Å². The molecule has 113 valence electrons. The van der Waals surface area contributed by atoms with Crippen LogP contribution in [0.3, 0.4) is 0 Å². The molecule has 6 heteroatoms. The van der Waals surface area contributed by atoms with Crippen LogP contribution in [0.1, 0.15) is 39.3 Å². The molecule has 0 atom stereocenters. The van der Waals surface area contributed by atoms with E-state index in [4.69, 9.17) is 12.2 Å². The van der Waals surface area contributed by atoms with Crippen LogP contribution < -0.4 is 5.43 Å². The maximum absolute atomic E-state index is 5.36. The average molecular weight is 342 g/mol. The molecule has 1 N–H and O–H groups in total. The molecule has 0 aliphatic carbocycles. The van der Waals surface area contributed by atoms with E-state index in [0.29, 0.717) is 5.11 Å². The molecule has 0 bridgehead atoms. The van der Waals surface area contributed by atoms with Gasteiger partial charge < -0.3 is 4.90 Å². The third-order valence-corrected chi connectivity index (χ3v) is 2.98. The first-order chi connectivity index (χ1) is 9.19. The fraction of sp³-hybridized carbons (Fsp3) is 0.500. The monoisotopic (exact) mass is 341 g/mol. The van der Waals surface area contributed by atoms with E-state index in [9.17, 15) is 0 Å². The summed E-state index contributed by atoms with van der Waals surface area (Å²) in [7, 11) is 0. The summed E-state index contributed by atoms with van der Waals surface area (Å²) >= 11 is 5.36. The predicted molar refractivity (Wildman–Crippen MR) is 84.3 cm³/mol. The van der Waals surface area contributed by atoms with E-state index in [-0.39, 0.29) is 17.1 Å². The van der Waals surface area contributed by atoms with Gasteiger partial charge >= 0.3 is 17.1 Å². The Morgan fingerprint density at radius 2 is 1.95 bits per heavy atom. The van der Waals surface area contributed by atoms with E-state index in [0.717, 1.165) is 37.3 Å². The van der Waals surface area contributed by atoms with Crippen molar-refractivity contribution in [3.63, 3.8) is 0 Å². The van der Waals surface area contributed by atoms with Gasteiger partial charge in [0, 0.05) is 19.3 Å². The number of thiocarbonyl (C=S) groups is 1. The second kappa shape index (κ2) is 10.8. The quantitative estimate of drug-likeness (QED) is 0.374. The standard InChI is InChI=1S/C14H22N4S.Cu/c1-4-10-18(11-5-2)14(19)17-16-12(3)13-8-6-7-9-15-13;/h6-9H,4-5,10-11H2,1-3H3,(H,17,19);/q;+2. The van der Waals surface area contributed by atoms with Gasteiger partial charge in [-0.05, 0) is 44.1 Å². The van der Waals surface area contributed by atoms with Gasteiger partial charge in [0.1, 0.15) is 0 Å². The van der Waals surface area contributed by atoms with Crippen LogP contribution in [0.5, 0.6) is 0 Å². The molecular formula is C14H22CuN4S+2. The topological polar surface area (TPSA) is 40.5 Å². The third-order valence-electron chi connectivity index (χ3n) is 2.63. The molecule has 0 saturated heterocycles. The van der Waals surface area contributed by atoms with Crippen LogP contribution in [-0.4, -0.2) is 33.8 Å². The van der Waals surface area contributed by atoms with Gasteiger partial charge in [-0.25, -0.2) is 0 Å². The van der Waals surface area contributed by atoms with Crippen LogP contribution in [-0.2, 0) is 17.1 Å². The number of pyridine rings is 1. The maximum Gasteiger partial charge on any atom is 2.00 e. The van der Waals surface area contributed by atoms with E-state index in [1.807, 2.05) is 25.1 Å². The summed E-state index contributed by atoms with van der Waals surface area (Å²) in [6, 6.07) is 5.76. The zero-order chi connectivity index (χ0) is 14.1. The summed E-state index contributed by atoms with van der Waals surface area (Å²) in [5.41, 5.74) is 4.64. The third kappa shape index (κ3) is 6.46. The van der Waals surface area contributed by atoms with Crippen molar-refractivity contribution in [2.24, 2.45) is 5.10 Å². The van der Waals surface area contributed by atoms with Crippen molar-refractivity contribution < 1.29 is 17.1 Å². The van der Waals surface area contributed by atoms with Crippen LogP contribution in [0, 0.1) is 0 Å². The van der Waals surface area contributed by atoms with Crippen molar-refractivity contribution in [2.45, 2.75) is 33.6 Å². The number of nitrogens with zero attached hydrogens (tertiary/aromatic N) is 3. The van der Waals surface area contributed by atoms with Crippen molar-refractivity contribution in [3.05, 3.63) is 30.1 Å². The normalized spacial score (nSPS) is 10.7. The summed E-state index contributed by atoms with van der Waals surface area (Å²) in [5, 5.41) is 4.98. The summed E-state index contributed by atoms with van der Waals surface area (Å²) in [6.45, 7) is 8.12. The Balaban J connectivity index is 0.00000361. The number of rotatable bonds is 6. The maximum atomic E-state index is 5.36. The molecule has 0 aliphatic rings. The predicted octanol–water partition coefficient (Wildman–Crippen LogP) is 2.80. The molecular weight excluding hydrogens is 320 g/mol. The SMILES string of the molecule is CCCN(CCC)C(=S)NN=C(C)c1ccccn1.[Cu+2]. The Morgan fingerprint density at radius 3 is 2.45 bits per heavy atom. The van der Waals surface area contributed by atoms with Gasteiger partial charge in [0.15, 0.2) is 5.11 Å². The number of hydrogen-bond donors (Lipinski definition) is 1. The van der Waals surface area contributed by atoms with Gasteiger partial charge in [0.25, 0.3) is 0 Å². The van der Waals surface area contributed by atoms with Crippen molar-refractivity contribution >= 4 is 23.0 Å². The van der Waals surface area contributed by atoms with Gasteiger partial charge in [0.2, 0.25) is 0 Å². The molecule has 0 amide bonds. The van der Waals surface area contributed by atoms with E-state index in [1.54, 1.807) is 6.20 Å². The molecule has 1 heterocycles. The number of hydrogen-bond acceptors (Lipinski definition) is 3. The van der Waals surface area contributed by atoms with Gasteiger partial charge in [-0.3, -0.25) is 10.4 Å². The molecule has 1 rings (SSSR count). The first-order valence-electron chi connectivity index (χ1n) is 6.69. The molecule has 0 fully saturated rings. The van der Waals surface area contributed by atoms with Gasteiger partial charge in [-0.15, -0.1) is 0 Å². The van der Waals surface area contributed by atoms with Crippen molar-refractivity contribution in [1.82, 2.24) is 15.3 Å². The number of nitrogens with one attached hydrogen (secondary N) is 1. The van der Waals surface area contributed by atoms with Crippen LogP contribution in [0.15, 0.2) is 29.5 Å². The molecule has 0 spiro atoms. The van der Waals surface area contributed by atoms with Crippen molar-refractivity contribution in [3.8, 4) is 0 Å². The first kappa shape index (κ1) is 19.0. The Kier molecular flexibility index (Phi) is 10.3. The second-order valence-electron chi connectivity index (χ2n) is 4.32.